The average Bonchev–Trinajstić information content (AvgIpc) is 3.28. The molecule has 0 radical (unpaired) electrons. The summed E-state index contributed by atoms with van der Waals surface area (Å²) in [5.41, 5.74) is 1.40. The third-order valence-electron chi connectivity index (χ3n) is 5.12. The molecule has 5 aromatic rings. The van der Waals surface area contributed by atoms with Crippen LogP contribution < -0.4 is 11.2 Å². The summed E-state index contributed by atoms with van der Waals surface area (Å²) in [5, 5.41) is 0. The summed E-state index contributed by atoms with van der Waals surface area (Å²) in [7, 11) is 3.00. The SMILES string of the molecule is Cn1c(=O)c2nc3n(-c4ccccc4F)c(-c4ccccc4)cn3c2n(C)c1=O. The number of imidazole rings is 2. The molecule has 0 saturated heterocycles. The van der Waals surface area contributed by atoms with Crippen molar-refractivity contribution in [2.45, 2.75) is 0 Å². The van der Waals surface area contributed by atoms with Crippen LogP contribution in [0.1, 0.15) is 0 Å². The van der Waals surface area contributed by atoms with Gasteiger partial charge in [0.1, 0.15) is 5.82 Å². The molecule has 0 saturated carbocycles. The fourth-order valence-electron chi connectivity index (χ4n) is 3.69. The smallest absolute Gasteiger partial charge is 0.280 e. The number of hydrogen-bond acceptors (Lipinski definition) is 3. The van der Waals surface area contributed by atoms with E-state index in [2.05, 4.69) is 4.98 Å². The molecular formula is C21H16FN5O2. The Hall–Kier alpha value is -3.94. The zero-order valence-electron chi connectivity index (χ0n) is 15.7. The maximum atomic E-state index is 14.7. The molecule has 0 N–H and O–H groups in total. The summed E-state index contributed by atoms with van der Waals surface area (Å²) in [6.45, 7) is 0. The summed E-state index contributed by atoms with van der Waals surface area (Å²) in [5.74, 6) is -0.0705. The maximum absolute atomic E-state index is 14.7. The van der Waals surface area contributed by atoms with Gasteiger partial charge in [0, 0.05) is 25.9 Å². The minimum atomic E-state index is -0.492. The molecule has 0 aliphatic heterocycles. The van der Waals surface area contributed by atoms with Crippen LogP contribution in [0.25, 0.3) is 33.9 Å². The van der Waals surface area contributed by atoms with E-state index in [-0.39, 0.29) is 5.52 Å². The second-order valence-corrected chi connectivity index (χ2v) is 6.83. The zero-order chi connectivity index (χ0) is 20.3. The highest BCUT2D eigenvalue weighted by Crippen LogP contribution is 2.29. The van der Waals surface area contributed by atoms with Crippen molar-refractivity contribution in [3.63, 3.8) is 0 Å². The van der Waals surface area contributed by atoms with E-state index in [4.69, 9.17) is 0 Å². The van der Waals surface area contributed by atoms with E-state index in [9.17, 15) is 14.0 Å². The molecule has 0 aliphatic carbocycles. The van der Waals surface area contributed by atoms with Crippen LogP contribution in [-0.4, -0.2) is 23.1 Å². The van der Waals surface area contributed by atoms with Gasteiger partial charge in [0.2, 0.25) is 5.78 Å². The van der Waals surface area contributed by atoms with Crippen LogP contribution in [0.15, 0.2) is 70.4 Å². The first-order valence-corrected chi connectivity index (χ1v) is 8.99. The zero-order valence-corrected chi connectivity index (χ0v) is 15.7. The maximum Gasteiger partial charge on any atom is 0.332 e. The Morgan fingerprint density at radius 1 is 0.897 bits per heavy atom. The topological polar surface area (TPSA) is 66.2 Å². The number of hydrogen-bond donors (Lipinski definition) is 0. The lowest BCUT2D eigenvalue weighted by Crippen LogP contribution is -2.37. The van der Waals surface area contributed by atoms with Gasteiger partial charge in [-0.05, 0) is 12.1 Å². The standard InChI is InChI=1S/C21H16FN5O2/c1-24-18-17(19(28)25(2)21(24)29)23-20-26(18)12-16(13-8-4-3-5-9-13)27(20)15-11-7-6-10-14(15)22/h3-12H,1-2H3. The normalized spacial score (nSPS) is 11.6. The molecule has 5 rings (SSSR count). The number of benzene rings is 2. The Bertz CT molecular complexity index is 1520. The monoisotopic (exact) mass is 389 g/mol. The fourth-order valence-corrected chi connectivity index (χ4v) is 3.69. The average molecular weight is 389 g/mol. The number of nitrogens with zero attached hydrogens (tertiary/aromatic N) is 5. The third-order valence-corrected chi connectivity index (χ3v) is 5.12. The fraction of sp³-hybridized carbons (Fsp3) is 0.0952. The molecule has 2 aromatic carbocycles. The van der Waals surface area contributed by atoms with Gasteiger partial charge in [0.25, 0.3) is 5.56 Å². The lowest BCUT2D eigenvalue weighted by molar-refractivity contribution is 0.619. The third kappa shape index (κ3) is 2.32. The minimum Gasteiger partial charge on any atom is -0.280 e. The van der Waals surface area contributed by atoms with E-state index >= 15 is 0 Å². The van der Waals surface area contributed by atoms with Gasteiger partial charge in [-0.15, -0.1) is 0 Å². The number of aromatic nitrogens is 5. The first kappa shape index (κ1) is 17.2. The van der Waals surface area contributed by atoms with Gasteiger partial charge < -0.3 is 0 Å². The molecular weight excluding hydrogens is 373 g/mol. The highest BCUT2D eigenvalue weighted by molar-refractivity contribution is 5.79. The van der Waals surface area contributed by atoms with Crippen molar-refractivity contribution in [2.75, 3.05) is 0 Å². The summed E-state index contributed by atoms with van der Waals surface area (Å²) < 4.78 is 20.4. The van der Waals surface area contributed by atoms with Gasteiger partial charge in [-0.3, -0.25) is 22.9 Å². The lowest BCUT2D eigenvalue weighted by Gasteiger charge is -2.09. The van der Waals surface area contributed by atoms with Crippen molar-refractivity contribution >= 4 is 16.9 Å². The highest BCUT2D eigenvalue weighted by atomic mass is 19.1. The number of rotatable bonds is 2. The predicted molar refractivity (Wildman–Crippen MR) is 108 cm³/mol. The van der Waals surface area contributed by atoms with Crippen molar-refractivity contribution in [2.24, 2.45) is 14.1 Å². The summed E-state index contributed by atoms with van der Waals surface area (Å²) in [6.07, 6.45) is 1.77. The summed E-state index contributed by atoms with van der Waals surface area (Å²) in [4.78, 5) is 29.6. The summed E-state index contributed by atoms with van der Waals surface area (Å²) >= 11 is 0. The van der Waals surface area contributed by atoms with Crippen molar-refractivity contribution in [3.8, 4) is 16.9 Å². The second kappa shape index (κ2) is 6.03. The van der Waals surface area contributed by atoms with Crippen LogP contribution in [0, 0.1) is 5.82 Å². The first-order valence-electron chi connectivity index (χ1n) is 8.99. The Kier molecular flexibility index (Phi) is 3.57. The minimum absolute atomic E-state index is 0.148. The Morgan fingerprint density at radius 2 is 1.59 bits per heavy atom. The predicted octanol–water partition coefficient (Wildman–Crippen LogP) is 2.48. The number of fused-ring (bicyclic) bond motifs is 3. The summed E-state index contributed by atoms with van der Waals surface area (Å²) in [6, 6.07) is 15.9. The molecule has 0 fully saturated rings. The molecule has 3 aromatic heterocycles. The molecule has 29 heavy (non-hydrogen) atoms. The molecule has 0 unspecified atom stereocenters. The molecule has 144 valence electrons. The van der Waals surface area contributed by atoms with Crippen LogP contribution in [0.3, 0.4) is 0 Å². The number of halogens is 1. The Labute approximate surface area is 163 Å². The molecule has 0 atom stereocenters. The molecule has 8 heteroatoms. The van der Waals surface area contributed by atoms with Gasteiger partial charge in [-0.2, -0.15) is 0 Å². The first-order chi connectivity index (χ1) is 14.0. The van der Waals surface area contributed by atoms with E-state index in [1.54, 1.807) is 40.4 Å². The quantitative estimate of drug-likeness (QED) is 0.466. The van der Waals surface area contributed by atoms with Gasteiger partial charge in [-0.1, -0.05) is 42.5 Å². The largest absolute Gasteiger partial charge is 0.332 e. The van der Waals surface area contributed by atoms with Gasteiger partial charge in [-0.25, -0.2) is 14.2 Å². The molecule has 0 spiro atoms. The van der Waals surface area contributed by atoms with Crippen LogP contribution >= 0.6 is 0 Å². The second-order valence-electron chi connectivity index (χ2n) is 6.83. The molecule has 0 bridgehead atoms. The van der Waals surface area contributed by atoms with Crippen molar-refractivity contribution in [3.05, 3.63) is 87.4 Å². The Balaban J connectivity index is 2.01. The number of para-hydroxylation sites is 1. The molecule has 0 amide bonds. The molecule has 0 aliphatic rings. The van der Waals surface area contributed by atoms with Crippen LogP contribution in [0.4, 0.5) is 4.39 Å². The Morgan fingerprint density at radius 3 is 2.31 bits per heavy atom. The van der Waals surface area contributed by atoms with E-state index in [0.717, 1.165) is 10.1 Å². The molecule has 3 heterocycles. The van der Waals surface area contributed by atoms with E-state index in [1.807, 2.05) is 30.3 Å². The van der Waals surface area contributed by atoms with E-state index < -0.39 is 17.1 Å². The lowest BCUT2D eigenvalue weighted by atomic mass is 10.1. The highest BCUT2D eigenvalue weighted by Gasteiger charge is 2.22. The van der Waals surface area contributed by atoms with Gasteiger partial charge in [0.05, 0.1) is 11.4 Å². The number of aryl methyl sites for hydroxylation is 1. The molecule has 7 nitrogen and oxygen atoms in total. The van der Waals surface area contributed by atoms with E-state index in [0.29, 0.717) is 22.8 Å². The van der Waals surface area contributed by atoms with Gasteiger partial charge >= 0.3 is 5.69 Å². The van der Waals surface area contributed by atoms with Crippen molar-refractivity contribution in [1.82, 2.24) is 23.1 Å². The van der Waals surface area contributed by atoms with E-state index in [1.165, 1.54) is 17.7 Å². The van der Waals surface area contributed by atoms with Gasteiger partial charge in [0.15, 0.2) is 11.2 Å². The van der Waals surface area contributed by atoms with Crippen molar-refractivity contribution in [1.29, 1.82) is 0 Å². The van der Waals surface area contributed by atoms with Crippen molar-refractivity contribution < 1.29 is 4.39 Å². The van der Waals surface area contributed by atoms with Crippen LogP contribution in [-0.2, 0) is 14.1 Å². The van der Waals surface area contributed by atoms with Crippen LogP contribution in [0.2, 0.25) is 0 Å². The van der Waals surface area contributed by atoms with Crippen LogP contribution in [0.5, 0.6) is 0 Å².